The van der Waals surface area contributed by atoms with Gasteiger partial charge in [0.05, 0.1) is 11.4 Å². The first-order valence-electron chi connectivity index (χ1n) is 19.2. The highest BCUT2D eigenvalue weighted by Crippen LogP contribution is 2.47. The molecule has 0 saturated carbocycles. The number of benzene rings is 3. The quantitative estimate of drug-likeness (QED) is 0.115. The lowest BCUT2D eigenvalue weighted by Crippen LogP contribution is -2.04. The van der Waals surface area contributed by atoms with Gasteiger partial charge in [0.25, 0.3) is 0 Å². The van der Waals surface area contributed by atoms with Crippen molar-refractivity contribution in [2.45, 2.75) is 119 Å². The zero-order chi connectivity index (χ0) is 37.5. The van der Waals surface area contributed by atoms with E-state index in [2.05, 4.69) is 135 Å². The van der Waals surface area contributed by atoms with E-state index in [1.54, 1.807) is 0 Å². The number of aryl methyl sites for hydroxylation is 1. The van der Waals surface area contributed by atoms with Gasteiger partial charge in [-0.05, 0) is 141 Å². The molecule has 0 aliphatic rings. The minimum Gasteiger partial charge on any atom is -0.261 e. The summed E-state index contributed by atoms with van der Waals surface area (Å²) >= 11 is 0. The van der Waals surface area contributed by atoms with E-state index in [0.29, 0.717) is 42.4 Å². The van der Waals surface area contributed by atoms with Crippen molar-refractivity contribution in [1.29, 1.82) is 0 Å². The molecule has 0 bridgehead atoms. The van der Waals surface area contributed by atoms with Crippen LogP contribution in [0.15, 0.2) is 95.2 Å². The van der Waals surface area contributed by atoms with E-state index in [1.807, 2.05) is 49.1 Å². The molecule has 2 heterocycles. The lowest BCUT2D eigenvalue weighted by molar-refractivity contribution is 0.833. The third kappa shape index (κ3) is 8.84. The lowest BCUT2D eigenvalue weighted by atomic mass is 9.79. The van der Waals surface area contributed by atoms with Crippen LogP contribution in [0, 0.1) is 6.92 Å². The standard InChI is InChI=1S/C48H58N4/c1-30(2)40-19-18-35(11)45(36-26-41(31(3)4)47(42(27-36)32(5)6)51-24-20-38-16-12-14-22-49-38)46(40)37-28-43(33(7)8)48(44(29-37)34(9)10)52-25-21-39-17-13-15-23-50-39/h12-19,22-34H,20-21H2,1-11H3. The molecule has 52 heavy (non-hydrogen) atoms. The summed E-state index contributed by atoms with van der Waals surface area (Å²) in [5.41, 5.74) is 17.2. The van der Waals surface area contributed by atoms with E-state index in [0.717, 1.165) is 22.8 Å². The third-order valence-electron chi connectivity index (χ3n) is 9.96. The molecule has 0 spiro atoms. The van der Waals surface area contributed by atoms with Gasteiger partial charge in [-0.25, -0.2) is 0 Å². The van der Waals surface area contributed by atoms with Crippen molar-refractivity contribution in [2.24, 2.45) is 9.98 Å². The van der Waals surface area contributed by atoms with E-state index in [-0.39, 0.29) is 0 Å². The number of aliphatic imine (C=N–C) groups is 2. The van der Waals surface area contributed by atoms with Crippen LogP contribution in [0.3, 0.4) is 0 Å². The summed E-state index contributed by atoms with van der Waals surface area (Å²) in [6.07, 6.45) is 9.18. The van der Waals surface area contributed by atoms with E-state index in [9.17, 15) is 0 Å². The van der Waals surface area contributed by atoms with Crippen LogP contribution in [0.2, 0.25) is 0 Å². The highest BCUT2D eigenvalue weighted by molar-refractivity contribution is 5.91. The number of hydrogen-bond donors (Lipinski definition) is 0. The van der Waals surface area contributed by atoms with Crippen molar-refractivity contribution >= 4 is 23.8 Å². The fraction of sp³-hybridized carbons (Fsp3) is 0.375. The summed E-state index contributed by atoms with van der Waals surface area (Å²) in [7, 11) is 0. The van der Waals surface area contributed by atoms with Crippen molar-refractivity contribution in [3.05, 3.63) is 130 Å². The second-order valence-electron chi connectivity index (χ2n) is 15.7. The molecule has 0 saturated heterocycles. The Morgan fingerprint density at radius 3 is 1.21 bits per heavy atom. The molecule has 5 aromatic rings. The van der Waals surface area contributed by atoms with Crippen LogP contribution in [-0.2, 0) is 12.8 Å². The van der Waals surface area contributed by atoms with Crippen LogP contribution in [0.4, 0.5) is 11.4 Å². The molecule has 0 aliphatic heterocycles. The van der Waals surface area contributed by atoms with E-state index in [1.165, 1.54) is 55.6 Å². The molecular formula is C48H58N4. The molecule has 0 radical (unpaired) electrons. The molecular weight excluding hydrogens is 633 g/mol. The summed E-state index contributed by atoms with van der Waals surface area (Å²) in [6.45, 7) is 25.2. The van der Waals surface area contributed by atoms with E-state index in [4.69, 9.17) is 9.98 Å². The predicted molar refractivity (Wildman–Crippen MR) is 225 cm³/mol. The van der Waals surface area contributed by atoms with Crippen LogP contribution in [0.5, 0.6) is 0 Å². The smallest absolute Gasteiger partial charge is 0.0695 e. The Hall–Kier alpha value is -4.70. The second-order valence-corrected chi connectivity index (χ2v) is 15.7. The SMILES string of the molecule is Cc1ccc(C(C)C)c(-c2cc(C(C)C)c(N=CCc3ccccn3)c(C(C)C)c2)c1-c1cc(C(C)C)c(N=CCc2ccccn2)c(C(C)C)c1. The number of aromatic nitrogens is 2. The minimum atomic E-state index is 0.304. The Bertz CT molecular complexity index is 1960. The Morgan fingerprint density at radius 1 is 0.481 bits per heavy atom. The van der Waals surface area contributed by atoms with Crippen molar-refractivity contribution in [2.75, 3.05) is 0 Å². The first-order valence-corrected chi connectivity index (χ1v) is 19.2. The van der Waals surface area contributed by atoms with Crippen molar-refractivity contribution in [3.8, 4) is 22.3 Å². The van der Waals surface area contributed by atoms with Crippen LogP contribution in [0.1, 0.15) is 144 Å². The predicted octanol–water partition coefficient (Wildman–Crippen LogP) is 13.6. The molecule has 0 amide bonds. The molecule has 4 nitrogen and oxygen atoms in total. The molecule has 0 fully saturated rings. The lowest BCUT2D eigenvalue weighted by Gasteiger charge is -2.26. The van der Waals surface area contributed by atoms with Gasteiger partial charge in [-0.1, -0.05) is 93.5 Å². The first kappa shape index (κ1) is 38.5. The maximum atomic E-state index is 5.17. The van der Waals surface area contributed by atoms with Crippen LogP contribution >= 0.6 is 0 Å². The molecule has 0 atom stereocenters. The zero-order valence-electron chi connectivity index (χ0n) is 33.3. The average Bonchev–Trinajstić information content (AvgIpc) is 3.11. The third-order valence-corrected chi connectivity index (χ3v) is 9.96. The highest BCUT2D eigenvalue weighted by atomic mass is 14.8. The first-order chi connectivity index (χ1) is 24.9. The van der Waals surface area contributed by atoms with Gasteiger partial charge in [-0.3, -0.25) is 20.0 Å². The molecule has 270 valence electrons. The summed E-state index contributed by atoms with van der Waals surface area (Å²) < 4.78 is 0. The van der Waals surface area contributed by atoms with Crippen LogP contribution < -0.4 is 0 Å². The van der Waals surface area contributed by atoms with Gasteiger partial charge >= 0.3 is 0 Å². The monoisotopic (exact) mass is 690 g/mol. The average molecular weight is 691 g/mol. The van der Waals surface area contributed by atoms with Crippen molar-refractivity contribution in [1.82, 2.24) is 9.97 Å². The van der Waals surface area contributed by atoms with Gasteiger partial charge in [0.1, 0.15) is 0 Å². The number of hydrogen-bond acceptors (Lipinski definition) is 4. The number of rotatable bonds is 13. The van der Waals surface area contributed by atoms with Gasteiger partial charge in [0.15, 0.2) is 0 Å². The maximum absolute atomic E-state index is 5.17. The Kier molecular flexibility index (Phi) is 12.8. The van der Waals surface area contributed by atoms with E-state index < -0.39 is 0 Å². The molecule has 0 N–H and O–H groups in total. The van der Waals surface area contributed by atoms with Gasteiger partial charge in [-0.15, -0.1) is 0 Å². The van der Waals surface area contributed by atoms with Crippen LogP contribution in [0.25, 0.3) is 22.3 Å². The normalized spacial score (nSPS) is 12.2. The fourth-order valence-electron chi connectivity index (χ4n) is 7.09. The Balaban J connectivity index is 1.73. The molecule has 0 aliphatic carbocycles. The molecule has 0 unspecified atom stereocenters. The van der Waals surface area contributed by atoms with Crippen molar-refractivity contribution < 1.29 is 0 Å². The zero-order valence-corrected chi connectivity index (χ0v) is 33.3. The summed E-state index contributed by atoms with van der Waals surface area (Å²) in [5, 5.41) is 0. The second kappa shape index (κ2) is 17.2. The molecule has 5 rings (SSSR count). The van der Waals surface area contributed by atoms with Gasteiger partial charge in [0.2, 0.25) is 0 Å². The number of nitrogens with zero attached hydrogens (tertiary/aromatic N) is 4. The number of pyridine rings is 2. The summed E-state index contributed by atoms with van der Waals surface area (Å²) in [5.74, 6) is 1.57. The highest BCUT2D eigenvalue weighted by Gasteiger charge is 2.24. The van der Waals surface area contributed by atoms with Gasteiger partial charge in [0, 0.05) is 49.1 Å². The fourth-order valence-corrected chi connectivity index (χ4v) is 7.09. The summed E-state index contributed by atoms with van der Waals surface area (Å²) in [6, 6.07) is 26.5. The maximum Gasteiger partial charge on any atom is 0.0695 e. The van der Waals surface area contributed by atoms with Gasteiger partial charge in [-0.2, -0.15) is 0 Å². The van der Waals surface area contributed by atoms with E-state index >= 15 is 0 Å². The Labute approximate surface area is 313 Å². The largest absolute Gasteiger partial charge is 0.261 e. The summed E-state index contributed by atoms with van der Waals surface area (Å²) in [4.78, 5) is 19.4. The molecule has 3 aromatic carbocycles. The molecule has 4 heteroatoms. The minimum absolute atomic E-state index is 0.304. The topological polar surface area (TPSA) is 50.5 Å². The van der Waals surface area contributed by atoms with Crippen molar-refractivity contribution in [3.63, 3.8) is 0 Å². The van der Waals surface area contributed by atoms with Crippen LogP contribution in [-0.4, -0.2) is 22.4 Å². The molecule has 2 aromatic heterocycles. The Morgan fingerprint density at radius 2 is 0.865 bits per heavy atom. The van der Waals surface area contributed by atoms with Gasteiger partial charge < -0.3 is 0 Å².